The normalized spacial score (nSPS) is 10.7. The quantitative estimate of drug-likeness (QED) is 0.473. The molecular formula is C10H13ClN2O. The minimum atomic E-state index is 0.579. The van der Waals surface area contributed by atoms with Crippen molar-refractivity contribution in [3.8, 4) is 5.75 Å². The van der Waals surface area contributed by atoms with Crippen molar-refractivity contribution in [3.05, 3.63) is 28.8 Å². The van der Waals surface area contributed by atoms with Gasteiger partial charge in [-0.15, -0.1) is 0 Å². The average molecular weight is 213 g/mol. The van der Waals surface area contributed by atoms with Crippen LogP contribution < -0.4 is 10.6 Å². The fourth-order valence-corrected chi connectivity index (χ4v) is 1.26. The van der Waals surface area contributed by atoms with E-state index in [0.717, 1.165) is 12.0 Å². The van der Waals surface area contributed by atoms with Gasteiger partial charge in [0.05, 0.1) is 17.8 Å². The topological polar surface area (TPSA) is 47.6 Å². The Bertz CT molecular complexity index is 326. The highest BCUT2D eigenvalue weighted by atomic mass is 35.5. The number of benzene rings is 1. The molecule has 0 fully saturated rings. The van der Waals surface area contributed by atoms with Crippen molar-refractivity contribution in [2.45, 2.75) is 13.3 Å². The fourth-order valence-electron chi connectivity index (χ4n) is 1.01. The van der Waals surface area contributed by atoms with Crippen LogP contribution in [0.1, 0.15) is 18.9 Å². The Morgan fingerprint density at radius 3 is 2.93 bits per heavy atom. The third-order valence-electron chi connectivity index (χ3n) is 1.64. The molecule has 2 N–H and O–H groups in total. The van der Waals surface area contributed by atoms with Crippen molar-refractivity contribution >= 4 is 17.8 Å². The average Bonchev–Trinajstić information content (AvgIpc) is 2.17. The van der Waals surface area contributed by atoms with Crippen LogP contribution in [0.25, 0.3) is 0 Å². The first-order valence-corrected chi connectivity index (χ1v) is 4.81. The van der Waals surface area contributed by atoms with Crippen LogP contribution in [-0.4, -0.2) is 12.8 Å². The first-order valence-electron chi connectivity index (χ1n) is 4.43. The maximum Gasteiger partial charge on any atom is 0.137 e. The van der Waals surface area contributed by atoms with Crippen molar-refractivity contribution in [2.75, 3.05) is 6.61 Å². The lowest BCUT2D eigenvalue weighted by molar-refractivity contribution is 0.317. The molecule has 3 nitrogen and oxygen atoms in total. The summed E-state index contributed by atoms with van der Waals surface area (Å²) in [6.45, 7) is 2.72. The Kier molecular flexibility index (Phi) is 4.26. The Labute approximate surface area is 88.5 Å². The Morgan fingerprint density at radius 1 is 1.57 bits per heavy atom. The molecule has 0 aliphatic rings. The first kappa shape index (κ1) is 10.9. The van der Waals surface area contributed by atoms with E-state index in [9.17, 15) is 0 Å². The largest absolute Gasteiger partial charge is 0.492 e. The molecule has 1 aromatic rings. The number of hydrogen-bond donors (Lipinski definition) is 1. The molecule has 0 spiro atoms. The van der Waals surface area contributed by atoms with Crippen molar-refractivity contribution in [1.82, 2.24) is 0 Å². The lowest BCUT2D eigenvalue weighted by atomic mass is 10.2. The predicted octanol–water partition coefficient (Wildman–Crippen LogP) is 2.42. The van der Waals surface area contributed by atoms with Crippen LogP contribution in [0.5, 0.6) is 5.75 Å². The van der Waals surface area contributed by atoms with Crippen LogP contribution in [0.3, 0.4) is 0 Å². The van der Waals surface area contributed by atoms with Crippen LogP contribution in [0.2, 0.25) is 5.02 Å². The molecule has 0 radical (unpaired) electrons. The van der Waals surface area contributed by atoms with E-state index >= 15 is 0 Å². The summed E-state index contributed by atoms with van der Waals surface area (Å²) in [5.41, 5.74) is 0.862. The molecule has 76 valence electrons. The summed E-state index contributed by atoms with van der Waals surface area (Å²) in [6.07, 6.45) is 2.50. The molecule has 0 amide bonds. The predicted molar refractivity (Wildman–Crippen MR) is 59.0 cm³/mol. The molecule has 0 atom stereocenters. The maximum absolute atomic E-state index is 5.97. The number of nitrogens with two attached hydrogens (primary N) is 1. The SMILES string of the molecule is CCCOc1ccc(C=NN)cc1Cl. The van der Waals surface area contributed by atoms with E-state index in [4.69, 9.17) is 22.2 Å². The Morgan fingerprint density at radius 2 is 2.36 bits per heavy atom. The molecule has 0 saturated carbocycles. The van der Waals surface area contributed by atoms with Crippen molar-refractivity contribution in [1.29, 1.82) is 0 Å². The van der Waals surface area contributed by atoms with E-state index < -0.39 is 0 Å². The van der Waals surface area contributed by atoms with Gasteiger partial charge in [0.15, 0.2) is 0 Å². The van der Waals surface area contributed by atoms with Crippen LogP contribution in [0.15, 0.2) is 23.3 Å². The third-order valence-corrected chi connectivity index (χ3v) is 1.94. The van der Waals surface area contributed by atoms with Crippen molar-refractivity contribution < 1.29 is 4.74 Å². The molecule has 1 aromatic carbocycles. The molecule has 14 heavy (non-hydrogen) atoms. The van der Waals surface area contributed by atoms with E-state index in [2.05, 4.69) is 5.10 Å². The summed E-state index contributed by atoms with van der Waals surface area (Å²) in [5.74, 6) is 5.72. The van der Waals surface area contributed by atoms with Gasteiger partial charge >= 0.3 is 0 Å². The second-order valence-corrected chi connectivity index (χ2v) is 3.22. The third kappa shape index (κ3) is 2.92. The van der Waals surface area contributed by atoms with Gasteiger partial charge in [-0.2, -0.15) is 5.10 Å². The second kappa shape index (κ2) is 5.50. The van der Waals surface area contributed by atoms with Crippen LogP contribution in [-0.2, 0) is 0 Å². The van der Waals surface area contributed by atoms with Gasteiger partial charge in [-0.1, -0.05) is 18.5 Å². The highest BCUT2D eigenvalue weighted by molar-refractivity contribution is 6.32. The summed E-state index contributed by atoms with van der Waals surface area (Å²) in [7, 11) is 0. The van der Waals surface area contributed by atoms with Crippen molar-refractivity contribution in [3.63, 3.8) is 0 Å². The van der Waals surface area contributed by atoms with Crippen LogP contribution in [0.4, 0.5) is 0 Å². The number of rotatable bonds is 4. The highest BCUT2D eigenvalue weighted by Gasteiger charge is 2.01. The molecule has 0 heterocycles. The standard InChI is InChI=1S/C10H13ClN2O/c1-2-5-14-10-4-3-8(7-13-12)6-9(10)11/h3-4,6-7H,2,5,12H2,1H3. The summed E-state index contributed by atoms with van der Waals surface area (Å²) in [6, 6.07) is 5.44. The van der Waals surface area contributed by atoms with Gasteiger partial charge in [0.2, 0.25) is 0 Å². The molecule has 1 rings (SSSR count). The van der Waals surface area contributed by atoms with E-state index in [0.29, 0.717) is 17.4 Å². The van der Waals surface area contributed by atoms with Gasteiger partial charge in [0.25, 0.3) is 0 Å². The zero-order valence-corrected chi connectivity index (χ0v) is 8.79. The fraction of sp³-hybridized carbons (Fsp3) is 0.300. The molecule has 4 heteroatoms. The number of hydrazone groups is 1. The van der Waals surface area contributed by atoms with Crippen molar-refractivity contribution in [2.24, 2.45) is 10.9 Å². The second-order valence-electron chi connectivity index (χ2n) is 2.82. The van der Waals surface area contributed by atoms with Gasteiger partial charge in [-0.25, -0.2) is 0 Å². The first-order chi connectivity index (χ1) is 6.77. The number of ether oxygens (including phenoxy) is 1. The zero-order valence-electron chi connectivity index (χ0n) is 8.03. The smallest absolute Gasteiger partial charge is 0.137 e. The molecule has 0 aromatic heterocycles. The van der Waals surface area contributed by atoms with E-state index in [1.807, 2.05) is 19.1 Å². The summed E-state index contributed by atoms with van der Waals surface area (Å²) < 4.78 is 5.41. The molecule has 0 unspecified atom stereocenters. The number of nitrogens with zero attached hydrogens (tertiary/aromatic N) is 1. The van der Waals surface area contributed by atoms with Crippen LogP contribution in [0, 0.1) is 0 Å². The van der Waals surface area contributed by atoms with Gasteiger partial charge in [-0.05, 0) is 30.2 Å². The molecule has 0 aliphatic carbocycles. The molecule has 0 saturated heterocycles. The zero-order chi connectivity index (χ0) is 10.4. The van der Waals surface area contributed by atoms with Gasteiger partial charge < -0.3 is 10.6 Å². The molecule has 0 aliphatic heterocycles. The van der Waals surface area contributed by atoms with E-state index in [1.165, 1.54) is 6.21 Å². The summed E-state index contributed by atoms with van der Waals surface area (Å²) >= 11 is 5.97. The van der Waals surface area contributed by atoms with Gasteiger partial charge in [-0.3, -0.25) is 0 Å². The lowest BCUT2D eigenvalue weighted by Crippen LogP contribution is -1.96. The molecule has 0 bridgehead atoms. The van der Waals surface area contributed by atoms with Crippen LogP contribution >= 0.6 is 11.6 Å². The van der Waals surface area contributed by atoms with E-state index in [-0.39, 0.29) is 0 Å². The summed E-state index contributed by atoms with van der Waals surface area (Å²) in [4.78, 5) is 0. The molecular weight excluding hydrogens is 200 g/mol. The minimum absolute atomic E-state index is 0.579. The van der Waals surface area contributed by atoms with E-state index in [1.54, 1.807) is 6.07 Å². The number of halogens is 1. The maximum atomic E-state index is 5.97. The van der Waals surface area contributed by atoms with Gasteiger partial charge in [0, 0.05) is 0 Å². The monoisotopic (exact) mass is 212 g/mol. The lowest BCUT2D eigenvalue weighted by Gasteiger charge is -2.06. The Balaban J connectivity index is 2.79. The summed E-state index contributed by atoms with van der Waals surface area (Å²) in [5, 5.41) is 3.99. The minimum Gasteiger partial charge on any atom is -0.492 e. The number of hydrogen-bond acceptors (Lipinski definition) is 3. The Hall–Kier alpha value is -1.22. The highest BCUT2D eigenvalue weighted by Crippen LogP contribution is 2.24. The van der Waals surface area contributed by atoms with Gasteiger partial charge in [0.1, 0.15) is 5.75 Å².